The average molecular weight is 291 g/mol. The maximum atomic E-state index is 12.3. The number of aliphatic hydroxyl groups excluding tert-OH is 1. The summed E-state index contributed by atoms with van der Waals surface area (Å²) in [5.41, 5.74) is 0.212. The molecule has 1 saturated heterocycles. The number of ether oxygens (including phenoxy) is 2. The lowest BCUT2D eigenvalue weighted by Crippen LogP contribution is -2.47. The number of hydrogen-bond donors (Lipinski definition) is 1. The van der Waals surface area contributed by atoms with Crippen molar-refractivity contribution in [1.29, 1.82) is 0 Å². The summed E-state index contributed by atoms with van der Waals surface area (Å²) in [5.74, 6) is 0. The number of hydrogen-bond acceptors (Lipinski definition) is 4. The highest BCUT2D eigenvalue weighted by Crippen LogP contribution is 2.28. The van der Waals surface area contributed by atoms with Crippen molar-refractivity contribution < 1.29 is 19.4 Å². The van der Waals surface area contributed by atoms with Gasteiger partial charge in [-0.2, -0.15) is 0 Å². The lowest BCUT2D eigenvalue weighted by atomic mass is 10.2. The van der Waals surface area contributed by atoms with Gasteiger partial charge in [0, 0.05) is 0 Å². The first-order chi connectivity index (χ1) is 10.0. The zero-order valence-corrected chi connectivity index (χ0v) is 12.4. The molecule has 1 aliphatic rings. The fourth-order valence-corrected chi connectivity index (χ4v) is 2.34. The van der Waals surface area contributed by atoms with Crippen molar-refractivity contribution in [2.24, 2.45) is 0 Å². The van der Waals surface area contributed by atoms with Crippen LogP contribution in [-0.2, 0) is 16.1 Å². The molecule has 1 aliphatic heterocycles. The van der Waals surface area contributed by atoms with E-state index in [1.54, 1.807) is 17.1 Å². The predicted octanol–water partition coefficient (Wildman–Crippen LogP) is 2.31. The first-order valence-corrected chi connectivity index (χ1v) is 6.96. The molecule has 0 radical (unpaired) electrons. The van der Waals surface area contributed by atoms with E-state index in [4.69, 9.17) is 14.6 Å². The highest BCUT2D eigenvalue weighted by Gasteiger charge is 2.43. The summed E-state index contributed by atoms with van der Waals surface area (Å²) in [6.45, 7) is 4.20. The molecule has 0 unspecified atom stereocenters. The van der Waals surface area contributed by atoms with Gasteiger partial charge in [0.15, 0.2) is 0 Å². The molecule has 1 aromatic rings. The van der Waals surface area contributed by atoms with Crippen molar-refractivity contribution in [3.05, 3.63) is 48.0 Å². The molecule has 1 heterocycles. The van der Waals surface area contributed by atoms with E-state index in [0.29, 0.717) is 6.61 Å². The molecular weight excluding hydrogens is 270 g/mol. The predicted molar refractivity (Wildman–Crippen MR) is 78.5 cm³/mol. The van der Waals surface area contributed by atoms with Crippen molar-refractivity contribution in [1.82, 2.24) is 4.90 Å². The fourth-order valence-electron chi connectivity index (χ4n) is 2.34. The van der Waals surface area contributed by atoms with Gasteiger partial charge < -0.3 is 14.6 Å². The zero-order chi connectivity index (χ0) is 15.3. The largest absolute Gasteiger partial charge is 0.444 e. The van der Waals surface area contributed by atoms with Gasteiger partial charge in [-0.15, -0.1) is 0 Å². The normalized spacial score (nSPS) is 20.9. The minimum absolute atomic E-state index is 0.0656. The molecule has 1 atom stereocenters. The molecule has 1 aromatic carbocycles. The summed E-state index contributed by atoms with van der Waals surface area (Å²) in [6, 6.07) is 9.30. The van der Waals surface area contributed by atoms with E-state index in [1.807, 2.05) is 44.2 Å². The lowest BCUT2D eigenvalue weighted by molar-refractivity contribution is -0.0480. The second kappa shape index (κ2) is 6.74. The average Bonchev–Trinajstić information content (AvgIpc) is 2.78. The van der Waals surface area contributed by atoms with Crippen LogP contribution in [0.3, 0.4) is 0 Å². The number of amides is 1. The van der Waals surface area contributed by atoms with Crippen molar-refractivity contribution in [3.63, 3.8) is 0 Å². The first-order valence-electron chi connectivity index (χ1n) is 6.96. The van der Waals surface area contributed by atoms with E-state index in [2.05, 4.69) is 0 Å². The van der Waals surface area contributed by atoms with Crippen LogP contribution in [-0.4, -0.2) is 41.1 Å². The van der Waals surface area contributed by atoms with Gasteiger partial charge in [0.2, 0.25) is 0 Å². The molecule has 1 amide bonds. The molecule has 0 saturated carbocycles. The maximum absolute atomic E-state index is 12.3. The number of rotatable bonds is 4. The number of carbonyl (C=O) groups is 1. The Morgan fingerprint density at radius 2 is 2.19 bits per heavy atom. The van der Waals surface area contributed by atoms with Gasteiger partial charge in [0.25, 0.3) is 0 Å². The van der Waals surface area contributed by atoms with E-state index in [9.17, 15) is 4.79 Å². The summed E-state index contributed by atoms with van der Waals surface area (Å²) >= 11 is 0. The SMILES string of the molecule is CC1(C)OC[C@@H](/C=C/CO)N1C(=O)OCc1ccccc1. The molecule has 0 aromatic heterocycles. The third-order valence-electron chi connectivity index (χ3n) is 3.38. The Kier molecular flexibility index (Phi) is 4.98. The van der Waals surface area contributed by atoms with Crippen molar-refractivity contribution in [3.8, 4) is 0 Å². The van der Waals surface area contributed by atoms with Gasteiger partial charge in [0.05, 0.1) is 19.3 Å². The Labute approximate surface area is 124 Å². The second-order valence-corrected chi connectivity index (χ2v) is 5.35. The van der Waals surface area contributed by atoms with Gasteiger partial charge >= 0.3 is 6.09 Å². The summed E-state index contributed by atoms with van der Waals surface area (Å²) in [5, 5.41) is 8.87. The number of carbonyl (C=O) groups excluding carboxylic acids is 1. The van der Waals surface area contributed by atoms with Crippen LogP contribution in [0.25, 0.3) is 0 Å². The van der Waals surface area contributed by atoms with Crippen LogP contribution < -0.4 is 0 Å². The van der Waals surface area contributed by atoms with E-state index in [0.717, 1.165) is 5.56 Å². The molecule has 114 valence electrons. The van der Waals surface area contributed by atoms with Crippen molar-refractivity contribution in [2.45, 2.75) is 32.2 Å². The van der Waals surface area contributed by atoms with Crippen LogP contribution in [0.2, 0.25) is 0 Å². The standard InChI is InChI=1S/C16H21NO4/c1-16(2)17(14(12-21-16)9-6-10-18)15(19)20-11-13-7-4-3-5-8-13/h3-9,14,18H,10-12H2,1-2H3/b9-6+/t14-/m1/s1. The Bertz CT molecular complexity index is 498. The molecule has 1 fully saturated rings. The first kappa shape index (κ1) is 15.5. The lowest BCUT2D eigenvalue weighted by Gasteiger charge is -2.31. The number of nitrogens with zero attached hydrogens (tertiary/aromatic N) is 1. The summed E-state index contributed by atoms with van der Waals surface area (Å²) in [6.07, 6.45) is 2.94. The summed E-state index contributed by atoms with van der Waals surface area (Å²) < 4.78 is 11.0. The molecule has 0 aliphatic carbocycles. The molecule has 2 rings (SSSR count). The summed E-state index contributed by atoms with van der Waals surface area (Å²) in [7, 11) is 0. The topological polar surface area (TPSA) is 59.0 Å². The Balaban J connectivity index is 2.02. The van der Waals surface area contributed by atoms with Crippen LogP contribution in [0.1, 0.15) is 19.4 Å². The van der Waals surface area contributed by atoms with Gasteiger partial charge in [-0.1, -0.05) is 42.5 Å². The summed E-state index contributed by atoms with van der Waals surface area (Å²) in [4.78, 5) is 13.9. The molecule has 5 nitrogen and oxygen atoms in total. The van der Waals surface area contributed by atoms with Crippen LogP contribution in [0.4, 0.5) is 4.79 Å². The third-order valence-corrected chi connectivity index (χ3v) is 3.38. The van der Waals surface area contributed by atoms with Gasteiger partial charge in [-0.3, -0.25) is 4.90 Å². The van der Waals surface area contributed by atoms with Crippen LogP contribution in [0.15, 0.2) is 42.5 Å². The Hall–Kier alpha value is -1.85. The molecular formula is C16H21NO4. The molecule has 0 spiro atoms. The highest BCUT2D eigenvalue weighted by atomic mass is 16.6. The van der Waals surface area contributed by atoms with Crippen LogP contribution in [0.5, 0.6) is 0 Å². The number of benzene rings is 1. The highest BCUT2D eigenvalue weighted by molar-refractivity contribution is 5.69. The molecule has 21 heavy (non-hydrogen) atoms. The quantitative estimate of drug-likeness (QED) is 0.865. The number of aliphatic hydroxyl groups is 1. The van der Waals surface area contributed by atoms with Gasteiger partial charge in [-0.05, 0) is 19.4 Å². The van der Waals surface area contributed by atoms with Crippen molar-refractivity contribution in [2.75, 3.05) is 13.2 Å². The molecule has 5 heteroatoms. The third kappa shape index (κ3) is 3.83. The van der Waals surface area contributed by atoms with Crippen molar-refractivity contribution >= 4 is 6.09 Å². The maximum Gasteiger partial charge on any atom is 0.412 e. The minimum Gasteiger partial charge on any atom is -0.444 e. The zero-order valence-electron chi connectivity index (χ0n) is 12.4. The fraction of sp³-hybridized carbons (Fsp3) is 0.438. The van der Waals surface area contributed by atoms with Gasteiger partial charge in [0.1, 0.15) is 12.3 Å². The van der Waals surface area contributed by atoms with E-state index in [1.165, 1.54) is 0 Å². The van der Waals surface area contributed by atoms with E-state index in [-0.39, 0.29) is 19.3 Å². The Morgan fingerprint density at radius 3 is 2.86 bits per heavy atom. The monoisotopic (exact) mass is 291 g/mol. The van der Waals surface area contributed by atoms with Crippen LogP contribution in [0, 0.1) is 0 Å². The Morgan fingerprint density at radius 1 is 1.48 bits per heavy atom. The van der Waals surface area contributed by atoms with E-state index >= 15 is 0 Å². The van der Waals surface area contributed by atoms with Gasteiger partial charge in [-0.25, -0.2) is 4.79 Å². The van der Waals surface area contributed by atoms with E-state index < -0.39 is 11.8 Å². The molecule has 1 N–H and O–H groups in total. The van der Waals surface area contributed by atoms with Crippen LogP contribution >= 0.6 is 0 Å². The molecule has 0 bridgehead atoms. The second-order valence-electron chi connectivity index (χ2n) is 5.35. The minimum atomic E-state index is -0.724. The smallest absolute Gasteiger partial charge is 0.412 e.